The zero-order valence-electron chi connectivity index (χ0n) is 65.7. The summed E-state index contributed by atoms with van der Waals surface area (Å²) in [6.07, 6.45) is 3.76. The number of benzene rings is 1. The number of piperidine rings is 1. The fourth-order valence-corrected chi connectivity index (χ4v) is 14.2. The second kappa shape index (κ2) is 42.1. The predicted molar refractivity (Wildman–Crippen MR) is 398 cm³/mol. The van der Waals surface area contributed by atoms with E-state index in [1.165, 1.54) is 78.6 Å². The van der Waals surface area contributed by atoms with Gasteiger partial charge in [0.15, 0.2) is 0 Å². The Morgan fingerprint density at radius 2 is 1.16 bits per heavy atom. The van der Waals surface area contributed by atoms with Crippen molar-refractivity contribution in [3.63, 3.8) is 0 Å². The Morgan fingerprint density at radius 3 is 1.72 bits per heavy atom. The van der Waals surface area contributed by atoms with Gasteiger partial charge in [-0.2, -0.15) is 0 Å². The number of aliphatic hydroxyl groups excluding tert-OH is 1. The molecule has 3 fully saturated rings. The second-order valence-electron chi connectivity index (χ2n) is 31.3. The van der Waals surface area contributed by atoms with Gasteiger partial charge in [-0.1, -0.05) is 113 Å². The van der Waals surface area contributed by atoms with E-state index in [0.717, 1.165) is 11.3 Å². The van der Waals surface area contributed by atoms with Crippen molar-refractivity contribution in [2.75, 3.05) is 75.1 Å². The van der Waals surface area contributed by atoms with Gasteiger partial charge in [0.1, 0.15) is 73.1 Å². The monoisotopic (exact) mass is 1480 g/mol. The zero-order chi connectivity index (χ0) is 78.3. The van der Waals surface area contributed by atoms with Crippen LogP contribution in [0.5, 0.6) is 0 Å². The molecular formula is C76H126ClN13O14. The first-order valence-corrected chi connectivity index (χ1v) is 38.2. The molecule has 3 aliphatic rings. The van der Waals surface area contributed by atoms with Crippen molar-refractivity contribution in [1.82, 2.24) is 65.8 Å². The maximum absolute atomic E-state index is 15.4. The Labute approximate surface area is 623 Å². The number of hydrogen-bond acceptors (Lipinski definition) is 14. The normalized spacial score (nSPS) is 25.2. The van der Waals surface area contributed by atoms with E-state index in [2.05, 4.69) is 26.6 Å². The molecule has 28 heteroatoms. The number of nitrogens with zero attached hydrogens (tertiary/aromatic N) is 8. The predicted octanol–water partition coefficient (Wildman–Crippen LogP) is 4.77. The van der Waals surface area contributed by atoms with Crippen LogP contribution < -0.4 is 26.6 Å². The highest BCUT2D eigenvalue weighted by molar-refractivity contribution is 6.30. The lowest BCUT2D eigenvalue weighted by molar-refractivity contribution is -0.151. The fraction of sp³-hybridized carbons (Fsp3) is 0.750. The summed E-state index contributed by atoms with van der Waals surface area (Å²) in [5.41, 5.74) is 0.583. The minimum atomic E-state index is -1.47. The summed E-state index contributed by atoms with van der Waals surface area (Å²) in [6.45, 7) is 24.0. The third kappa shape index (κ3) is 25.4. The molecule has 0 bridgehead atoms. The highest BCUT2D eigenvalue weighted by atomic mass is 35.5. The Hall–Kier alpha value is -7.42. The molecule has 0 saturated carbocycles. The summed E-state index contributed by atoms with van der Waals surface area (Å²) < 4.78 is 0. The number of rotatable bonds is 20. The average Bonchev–Trinajstić information content (AvgIpc) is 1.26. The van der Waals surface area contributed by atoms with Gasteiger partial charge in [-0.25, -0.2) is 0 Å². The van der Waals surface area contributed by atoms with Crippen LogP contribution in [0.1, 0.15) is 192 Å². The van der Waals surface area contributed by atoms with Gasteiger partial charge in [-0.15, -0.1) is 0 Å². The lowest BCUT2D eigenvalue weighted by Gasteiger charge is -2.38. The molecule has 0 aromatic heterocycles. The summed E-state index contributed by atoms with van der Waals surface area (Å²) in [4.78, 5) is 203. The Balaban J connectivity index is 1.94. The van der Waals surface area contributed by atoms with Crippen LogP contribution in [0.25, 0.3) is 0 Å². The summed E-state index contributed by atoms with van der Waals surface area (Å²) in [5.74, 6) is -9.73. The van der Waals surface area contributed by atoms with Gasteiger partial charge < -0.3 is 70.9 Å². The summed E-state index contributed by atoms with van der Waals surface area (Å²) in [7, 11) is 8.65. The van der Waals surface area contributed by atoms with Crippen molar-refractivity contribution >= 4 is 88.4 Å². The van der Waals surface area contributed by atoms with E-state index >= 15 is 33.6 Å². The minimum absolute atomic E-state index is 0.0245. The van der Waals surface area contributed by atoms with Gasteiger partial charge in [-0.3, -0.25) is 62.3 Å². The maximum Gasteiger partial charge on any atom is 0.248 e. The average molecular weight is 1480 g/mol. The maximum atomic E-state index is 15.4. The minimum Gasteiger partial charge on any atom is -0.387 e. The van der Waals surface area contributed by atoms with Gasteiger partial charge in [0.05, 0.1) is 6.42 Å². The van der Waals surface area contributed by atoms with Crippen molar-refractivity contribution < 1.29 is 67.4 Å². The molecule has 0 unspecified atom stereocenters. The van der Waals surface area contributed by atoms with E-state index in [9.17, 15) is 33.9 Å². The quantitative estimate of drug-likeness (QED) is 0.103. The van der Waals surface area contributed by atoms with Crippen molar-refractivity contribution in [3.8, 4) is 0 Å². The smallest absolute Gasteiger partial charge is 0.248 e. The van der Waals surface area contributed by atoms with E-state index in [1.807, 2.05) is 76.2 Å². The first-order chi connectivity index (χ1) is 48.8. The molecule has 3 heterocycles. The molecular weight excluding hydrogens is 1350 g/mol. The number of halogens is 1. The number of likely N-dealkylation sites (N-methyl/N-ethyl adjacent to an activating group) is 6. The number of likely N-dealkylation sites (tertiary alicyclic amines) is 2. The summed E-state index contributed by atoms with van der Waals surface area (Å²) in [6, 6.07) is -6.75. The molecule has 12 atom stereocenters. The van der Waals surface area contributed by atoms with Gasteiger partial charge >= 0.3 is 0 Å². The molecule has 4 rings (SSSR count). The fourth-order valence-electron chi connectivity index (χ4n) is 14.0. The van der Waals surface area contributed by atoms with Crippen molar-refractivity contribution in [2.24, 2.45) is 35.5 Å². The van der Waals surface area contributed by atoms with Crippen LogP contribution in [-0.4, -0.2) is 263 Å². The number of carbonyl (C=O) groups excluding carboxylic acids is 13. The first kappa shape index (κ1) is 89.0. The Bertz CT molecular complexity index is 3110. The van der Waals surface area contributed by atoms with Gasteiger partial charge in [0, 0.05) is 79.9 Å². The van der Waals surface area contributed by atoms with Gasteiger partial charge in [-0.05, 0) is 144 Å². The van der Waals surface area contributed by atoms with Crippen LogP contribution in [0.2, 0.25) is 5.02 Å². The molecule has 13 amide bonds. The number of carbonyl (C=O) groups is 13. The van der Waals surface area contributed by atoms with E-state index in [-0.39, 0.29) is 100 Å². The third-order valence-electron chi connectivity index (χ3n) is 20.6. The molecule has 27 nitrogen and oxygen atoms in total. The molecule has 1 aromatic carbocycles. The molecule has 586 valence electrons. The van der Waals surface area contributed by atoms with Gasteiger partial charge in [0.25, 0.3) is 0 Å². The summed E-state index contributed by atoms with van der Waals surface area (Å²) in [5, 5.41) is 24.7. The molecule has 0 spiro atoms. The van der Waals surface area contributed by atoms with Crippen molar-refractivity contribution in [3.05, 3.63) is 34.9 Å². The number of amides is 13. The molecule has 104 heavy (non-hydrogen) atoms. The first-order valence-electron chi connectivity index (χ1n) is 37.8. The highest BCUT2D eigenvalue weighted by Crippen LogP contribution is 2.27. The lowest BCUT2D eigenvalue weighted by atomic mass is 9.95. The third-order valence-corrected chi connectivity index (χ3v) is 20.8. The Morgan fingerprint density at radius 1 is 0.606 bits per heavy atom. The standard InChI is InChI=1S/C76H126ClN13O14/c1-20-50(12)65-70(98)78-32-23-22-30-54(79-67(95)58(37-46(4)5)85(16)74(102)57-31-27-35-90(57)64(93)44-91)71(99)83(14)51(13)66(94)80-55(36-45(2)3)72(100)88(19)62(40-49(10)11)76(104)86(17)59(38-47(6)7)68(96)81-56(73(101)89-33-24-21-25-34-89)43-63(92)84(15)61(39-48(8)9)75(103)87(18)60(69(97)82-65)42-52-28-26-29-53(77)41-52/h26,28-29,41,45-51,54-62,65,91H,20-25,27,30-40,42-44H2,1-19H3,(H,78,98)(H,79,95)(H,80,94)(H,81,96)(H,82,97)/t50-,51-,54-,55-,56-,57-,58-,59-,60-,61-,62-,65-/m0/s1. The lowest BCUT2D eigenvalue weighted by Crippen LogP contribution is -2.61. The van der Waals surface area contributed by atoms with E-state index < -0.39 is 162 Å². The Kier molecular flexibility index (Phi) is 36.0. The largest absolute Gasteiger partial charge is 0.387 e. The van der Waals surface area contributed by atoms with Crippen LogP contribution in [0.15, 0.2) is 24.3 Å². The highest BCUT2D eigenvalue weighted by Gasteiger charge is 2.45. The van der Waals surface area contributed by atoms with Crippen LogP contribution in [0, 0.1) is 35.5 Å². The van der Waals surface area contributed by atoms with Crippen LogP contribution in [0.4, 0.5) is 0 Å². The van der Waals surface area contributed by atoms with Crippen molar-refractivity contribution in [1.29, 1.82) is 0 Å². The SMILES string of the molecule is CC[C@H](C)[C@@H]1NC(=O)[C@H](Cc2cccc(Cl)c2)N(C)C(=O)[C@H](CC(C)C)N(C)C(=O)C[C@@H](C(=O)N2CCCCC2)NC(=O)[C@H](CC(C)C)N(C)C(=O)[C@H](CC(C)C)N(C)C(=O)[C@H](CC(C)C)NC(=O)[C@H](C)N(C)C(=O)[C@@H](NC(=O)[C@H](CC(C)C)N(C)C(=O)[C@@H]2CCCN2C(=O)CO)CCCCNC1=O. The molecule has 0 radical (unpaired) electrons. The van der Waals surface area contributed by atoms with E-state index in [1.54, 1.807) is 36.1 Å². The van der Waals surface area contributed by atoms with Crippen molar-refractivity contribution in [2.45, 2.75) is 259 Å². The van der Waals surface area contributed by atoms with Crippen LogP contribution in [0.3, 0.4) is 0 Å². The molecule has 3 aliphatic heterocycles. The topological polar surface area (TPSA) is 328 Å². The molecule has 3 saturated heterocycles. The summed E-state index contributed by atoms with van der Waals surface area (Å²) >= 11 is 6.51. The molecule has 6 N–H and O–H groups in total. The number of aliphatic hydroxyl groups is 1. The second-order valence-corrected chi connectivity index (χ2v) is 31.8. The molecule has 0 aliphatic carbocycles. The molecule has 1 aromatic rings. The van der Waals surface area contributed by atoms with Gasteiger partial charge in [0.2, 0.25) is 76.8 Å². The number of nitrogens with one attached hydrogen (secondary N) is 5. The van der Waals surface area contributed by atoms with E-state index in [0.29, 0.717) is 55.8 Å². The van der Waals surface area contributed by atoms with E-state index in [4.69, 9.17) is 11.6 Å². The zero-order valence-corrected chi connectivity index (χ0v) is 66.4. The number of hydrogen-bond donors (Lipinski definition) is 6. The van der Waals surface area contributed by atoms with Crippen LogP contribution in [-0.2, 0) is 68.7 Å². The van der Waals surface area contributed by atoms with Crippen LogP contribution >= 0.6 is 11.6 Å².